The SMILES string of the molecule is CCC(COC(C)CO)(COC(C)CO)COC(C)CO. The lowest BCUT2D eigenvalue weighted by molar-refractivity contribution is -0.122. The van der Waals surface area contributed by atoms with E-state index in [-0.39, 0.29) is 43.5 Å². The number of ether oxygens (including phenoxy) is 3. The molecule has 3 N–H and O–H groups in total. The average molecular weight is 308 g/mol. The molecule has 6 heteroatoms. The Morgan fingerprint density at radius 1 is 0.714 bits per heavy atom. The first-order valence-corrected chi connectivity index (χ1v) is 7.60. The van der Waals surface area contributed by atoms with E-state index in [4.69, 9.17) is 29.5 Å². The van der Waals surface area contributed by atoms with Gasteiger partial charge < -0.3 is 29.5 Å². The molecule has 0 amide bonds. The van der Waals surface area contributed by atoms with Crippen molar-refractivity contribution in [2.45, 2.75) is 52.4 Å². The van der Waals surface area contributed by atoms with Crippen molar-refractivity contribution in [2.24, 2.45) is 5.41 Å². The van der Waals surface area contributed by atoms with Gasteiger partial charge >= 0.3 is 0 Å². The van der Waals surface area contributed by atoms with Crippen LogP contribution in [0.3, 0.4) is 0 Å². The fraction of sp³-hybridized carbons (Fsp3) is 1.00. The van der Waals surface area contributed by atoms with Crippen LogP contribution in [0.15, 0.2) is 0 Å². The summed E-state index contributed by atoms with van der Waals surface area (Å²) in [5, 5.41) is 27.2. The number of hydrogen-bond acceptors (Lipinski definition) is 6. The lowest BCUT2D eigenvalue weighted by Crippen LogP contribution is -2.40. The molecule has 0 bridgehead atoms. The van der Waals surface area contributed by atoms with E-state index in [2.05, 4.69) is 0 Å². The summed E-state index contributed by atoms with van der Waals surface area (Å²) in [7, 11) is 0. The van der Waals surface area contributed by atoms with Crippen LogP contribution >= 0.6 is 0 Å². The first-order chi connectivity index (χ1) is 9.92. The van der Waals surface area contributed by atoms with Crippen LogP contribution in [-0.4, -0.2) is 73.3 Å². The summed E-state index contributed by atoms with van der Waals surface area (Å²) in [6, 6.07) is 0. The highest BCUT2D eigenvalue weighted by Gasteiger charge is 2.31. The fourth-order valence-corrected chi connectivity index (χ4v) is 1.55. The molecule has 0 heterocycles. The molecule has 0 radical (unpaired) electrons. The zero-order chi connectivity index (χ0) is 16.3. The second-order valence-electron chi connectivity index (χ2n) is 5.77. The molecule has 3 atom stereocenters. The number of aliphatic hydroxyl groups is 3. The first kappa shape index (κ1) is 20.8. The van der Waals surface area contributed by atoms with Crippen molar-refractivity contribution >= 4 is 0 Å². The molecule has 0 saturated heterocycles. The highest BCUT2D eigenvalue weighted by Crippen LogP contribution is 2.25. The Balaban J connectivity index is 4.65. The van der Waals surface area contributed by atoms with Crippen LogP contribution in [0.5, 0.6) is 0 Å². The summed E-state index contributed by atoms with van der Waals surface area (Å²) >= 11 is 0. The summed E-state index contributed by atoms with van der Waals surface area (Å²) in [6.45, 7) is 8.47. The molecule has 21 heavy (non-hydrogen) atoms. The molecule has 6 nitrogen and oxygen atoms in total. The highest BCUT2D eigenvalue weighted by molar-refractivity contribution is 4.79. The Morgan fingerprint density at radius 3 is 1.19 bits per heavy atom. The van der Waals surface area contributed by atoms with Crippen LogP contribution in [-0.2, 0) is 14.2 Å². The lowest BCUT2D eigenvalue weighted by Gasteiger charge is -2.34. The smallest absolute Gasteiger partial charge is 0.0778 e. The van der Waals surface area contributed by atoms with Crippen LogP contribution in [0.25, 0.3) is 0 Å². The standard InChI is InChI=1S/C15H32O6/c1-5-15(9-19-12(2)6-16,10-20-13(3)7-17)11-21-14(4)8-18/h12-14,16-18H,5-11H2,1-4H3. The van der Waals surface area contributed by atoms with Crippen molar-refractivity contribution in [3.63, 3.8) is 0 Å². The van der Waals surface area contributed by atoms with Crippen molar-refractivity contribution in [1.82, 2.24) is 0 Å². The molecule has 0 saturated carbocycles. The third-order valence-electron chi connectivity index (χ3n) is 3.54. The second-order valence-corrected chi connectivity index (χ2v) is 5.77. The van der Waals surface area contributed by atoms with Gasteiger partial charge in [-0.2, -0.15) is 0 Å². The Morgan fingerprint density at radius 2 is 1.00 bits per heavy atom. The maximum absolute atomic E-state index is 9.06. The number of rotatable bonds is 13. The van der Waals surface area contributed by atoms with Gasteiger partial charge in [-0.15, -0.1) is 0 Å². The highest BCUT2D eigenvalue weighted by atomic mass is 16.5. The maximum Gasteiger partial charge on any atom is 0.0778 e. The summed E-state index contributed by atoms with van der Waals surface area (Å²) in [5.74, 6) is 0. The molecule has 3 unspecified atom stereocenters. The van der Waals surface area contributed by atoms with Gasteiger partial charge in [-0.3, -0.25) is 0 Å². The topological polar surface area (TPSA) is 88.4 Å². The monoisotopic (exact) mass is 308 g/mol. The van der Waals surface area contributed by atoms with E-state index >= 15 is 0 Å². The largest absolute Gasteiger partial charge is 0.394 e. The Hall–Kier alpha value is -0.240. The van der Waals surface area contributed by atoms with Crippen molar-refractivity contribution in [1.29, 1.82) is 0 Å². The molecule has 0 rings (SSSR count). The first-order valence-electron chi connectivity index (χ1n) is 7.60. The Bertz CT molecular complexity index is 212. The molecule has 0 aromatic carbocycles. The number of hydrogen-bond donors (Lipinski definition) is 3. The van der Waals surface area contributed by atoms with E-state index in [0.29, 0.717) is 19.8 Å². The summed E-state index contributed by atoms with van der Waals surface area (Å²) in [4.78, 5) is 0. The molecular weight excluding hydrogens is 276 g/mol. The van der Waals surface area contributed by atoms with E-state index in [9.17, 15) is 0 Å². The zero-order valence-electron chi connectivity index (χ0n) is 13.7. The van der Waals surface area contributed by atoms with E-state index in [1.54, 1.807) is 20.8 Å². The number of aliphatic hydroxyl groups excluding tert-OH is 3. The lowest BCUT2D eigenvalue weighted by atomic mass is 9.87. The summed E-state index contributed by atoms with van der Waals surface area (Å²) in [6.07, 6.45) is 0.0194. The van der Waals surface area contributed by atoms with E-state index in [0.717, 1.165) is 6.42 Å². The third-order valence-corrected chi connectivity index (χ3v) is 3.54. The minimum absolute atomic E-state index is 0.0401. The van der Waals surface area contributed by atoms with Crippen molar-refractivity contribution in [3.05, 3.63) is 0 Å². The molecule has 0 aliphatic carbocycles. The van der Waals surface area contributed by atoms with Gasteiger partial charge in [-0.25, -0.2) is 0 Å². The normalized spacial score (nSPS) is 19.0. The van der Waals surface area contributed by atoms with Crippen molar-refractivity contribution < 1.29 is 29.5 Å². The molecule has 0 aromatic heterocycles. The van der Waals surface area contributed by atoms with Gasteiger partial charge in [0.15, 0.2) is 0 Å². The average Bonchev–Trinajstić information content (AvgIpc) is 2.53. The van der Waals surface area contributed by atoms with Gasteiger partial charge in [-0.1, -0.05) is 6.92 Å². The summed E-state index contributed by atoms with van der Waals surface area (Å²) < 4.78 is 16.9. The van der Waals surface area contributed by atoms with Crippen LogP contribution in [0.2, 0.25) is 0 Å². The van der Waals surface area contributed by atoms with Crippen LogP contribution < -0.4 is 0 Å². The molecule has 0 aromatic rings. The molecule has 0 aliphatic heterocycles. The second kappa shape index (κ2) is 11.3. The molecule has 0 aliphatic rings. The van der Waals surface area contributed by atoms with Crippen LogP contribution in [0.4, 0.5) is 0 Å². The predicted molar refractivity (Wildman–Crippen MR) is 80.2 cm³/mol. The Kier molecular flexibility index (Phi) is 11.2. The minimum atomic E-state index is -0.365. The van der Waals surface area contributed by atoms with Crippen molar-refractivity contribution in [3.8, 4) is 0 Å². The van der Waals surface area contributed by atoms with Gasteiger partial charge in [-0.05, 0) is 27.2 Å². The molecule has 128 valence electrons. The van der Waals surface area contributed by atoms with Gasteiger partial charge in [0.05, 0.1) is 58.0 Å². The van der Waals surface area contributed by atoms with E-state index in [1.807, 2.05) is 6.92 Å². The zero-order valence-corrected chi connectivity index (χ0v) is 13.7. The van der Waals surface area contributed by atoms with Gasteiger partial charge in [0.25, 0.3) is 0 Å². The molecule has 0 fully saturated rings. The van der Waals surface area contributed by atoms with Crippen molar-refractivity contribution in [2.75, 3.05) is 39.6 Å². The maximum atomic E-state index is 9.06. The molecular formula is C15H32O6. The van der Waals surface area contributed by atoms with E-state index in [1.165, 1.54) is 0 Å². The third kappa shape index (κ3) is 8.70. The fourth-order valence-electron chi connectivity index (χ4n) is 1.55. The van der Waals surface area contributed by atoms with Gasteiger partial charge in [0.2, 0.25) is 0 Å². The molecule has 0 spiro atoms. The van der Waals surface area contributed by atoms with Crippen LogP contribution in [0.1, 0.15) is 34.1 Å². The predicted octanol–water partition coefficient (Wildman–Crippen LogP) is 0.575. The quantitative estimate of drug-likeness (QED) is 0.461. The van der Waals surface area contributed by atoms with E-state index < -0.39 is 0 Å². The van der Waals surface area contributed by atoms with Gasteiger partial charge in [0, 0.05) is 5.41 Å². The minimum Gasteiger partial charge on any atom is -0.394 e. The van der Waals surface area contributed by atoms with Gasteiger partial charge in [0.1, 0.15) is 0 Å². The van der Waals surface area contributed by atoms with Crippen LogP contribution in [0, 0.1) is 5.41 Å². The summed E-state index contributed by atoms with van der Waals surface area (Å²) in [5.41, 5.74) is -0.365. The Labute approximate surface area is 128 Å².